The van der Waals surface area contributed by atoms with Gasteiger partial charge in [0.2, 0.25) is 0 Å². The van der Waals surface area contributed by atoms with Gasteiger partial charge < -0.3 is 4.74 Å². The third-order valence-corrected chi connectivity index (χ3v) is 2.90. The van der Waals surface area contributed by atoms with Crippen molar-refractivity contribution in [3.63, 3.8) is 0 Å². The van der Waals surface area contributed by atoms with Gasteiger partial charge in [0.25, 0.3) is 5.56 Å². The average molecular weight is 281 g/mol. The number of halogens is 1. The number of carbonyl (C=O) groups is 1. The molecular weight excluding hydrogens is 261 g/mol. The van der Waals surface area contributed by atoms with E-state index in [1.54, 1.807) is 26.8 Å². The standard InChI is InChI=1S/C15H20FNO3/c1-5-7-11-8-12(16)14(18)17(9-11)13(10(3)4)15(19)20-6-2/h5,8-10,13H,1,6-7H2,2-4H3. The van der Waals surface area contributed by atoms with Gasteiger partial charge in [-0.3, -0.25) is 9.36 Å². The van der Waals surface area contributed by atoms with E-state index in [4.69, 9.17) is 4.74 Å². The minimum Gasteiger partial charge on any atom is -0.464 e. The Bertz CT molecular complexity index is 549. The van der Waals surface area contributed by atoms with Gasteiger partial charge in [0.05, 0.1) is 6.61 Å². The molecule has 0 aliphatic heterocycles. The summed E-state index contributed by atoms with van der Waals surface area (Å²) in [6.07, 6.45) is 3.53. The van der Waals surface area contributed by atoms with E-state index < -0.39 is 23.4 Å². The van der Waals surface area contributed by atoms with E-state index in [1.165, 1.54) is 12.3 Å². The number of aromatic nitrogens is 1. The maximum atomic E-state index is 13.7. The smallest absolute Gasteiger partial charge is 0.329 e. The van der Waals surface area contributed by atoms with Crippen LogP contribution in [0.15, 0.2) is 29.7 Å². The fourth-order valence-electron chi connectivity index (χ4n) is 2.04. The lowest BCUT2D eigenvalue weighted by Gasteiger charge is -2.22. The summed E-state index contributed by atoms with van der Waals surface area (Å²) >= 11 is 0. The Hall–Kier alpha value is -1.91. The predicted molar refractivity (Wildman–Crippen MR) is 75.1 cm³/mol. The summed E-state index contributed by atoms with van der Waals surface area (Å²) < 4.78 is 19.8. The van der Waals surface area contributed by atoms with E-state index in [2.05, 4.69) is 6.58 Å². The molecule has 0 amide bonds. The molecule has 0 aliphatic carbocycles. The molecule has 1 atom stereocenters. The van der Waals surface area contributed by atoms with Crippen LogP contribution in [0.1, 0.15) is 32.4 Å². The van der Waals surface area contributed by atoms with Gasteiger partial charge in [-0.2, -0.15) is 0 Å². The number of ether oxygens (including phenoxy) is 1. The van der Waals surface area contributed by atoms with Crippen molar-refractivity contribution in [3.05, 3.63) is 46.7 Å². The molecule has 1 heterocycles. The summed E-state index contributed by atoms with van der Waals surface area (Å²) in [6, 6.07) is 0.338. The Kier molecular flexibility index (Phi) is 5.67. The van der Waals surface area contributed by atoms with Crippen molar-refractivity contribution in [1.82, 2.24) is 4.57 Å². The van der Waals surface area contributed by atoms with E-state index in [0.29, 0.717) is 12.0 Å². The lowest BCUT2D eigenvalue weighted by atomic mass is 10.0. The van der Waals surface area contributed by atoms with Crippen LogP contribution in [0.5, 0.6) is 0 Å². The summed E-state index contributed by atoms with van der Waals surface area (Å²) in [5, 5.41) is 0. The van der Waals surface area contributed by atoms with Crippen molar-refractivity contribution in [3.8, 4) is 0 Å². The fourth-order valence-corrected chi connectivity index (χ4v) is 2.04. The van der Waals surface area contributed by atoms with Crippen molar-refractivity contribution in [1.29, 1.82) is 0 Å². The molecule has 0 aromatic carbocycles. The Morgan fingerprint density at radius 1 is 1.55 bits per heavy atom. The molecule has 20 heavy (non-hydrogen) atoms. The number of nitrogens with zero attached hydrogens (tertiary/aromatic N) is 1. The zero-order valence-corrected chi connectivity index (χ0v) is 12.1. The molecule has 0 fully saturated rings. The minimum atomic E-state index is -0.876. The van der Waals surface area contributed by atoms with Crippen LogP contribution < -0.4 is 5.56 Å². The highest BCUT2D eigenvalue weighted by Gasteiger charge is 2.27. The molecule has 5 heteroatoms. The number of pyridine rings is 1. The zero-order chi connectivity index (χ0) is 15.3. The Labute approximate surface area is 117 Å². The summed E-state index contributed by atoms with van der Waals surface area (Å²) in [4.78, 5) is 23.9. The largest absolute Gasteiger partial charge is 0.464 e. The highest BCUT2D eigenvalue weighted by atomic mass is 19.1. The van der Waals surface area contributed by atoms with E-state index >= 15 is 0 Å². The van der Waals surface area contributed by atoms with Crippen LogP contribution in [-0.2, 0) is 16.0 Å². The number of hydrogen-bond acceptors (Lipinski definition) is 3. The SMILES string of the molecule is C=CCc1cc(F)c(=O)n(C(C(=O)OCC)C(C)C)c1. The number of hydrogen-bond donors (Lipinski definition) is 0. The first-order valence-corrected chi connectivity index (χ1v) is 6.60. The lowest BCUT2D eigenvalue weighted by Crippen LogP contribution is -2.35. The first kappa shape index (κ1) is 16.1. The maximum absolute atomic E-state index is 13.7. The average Bonchev–Trinajstić information content (AvgIpc) is 2.35. The highest BCUT2D eigenvalue weighted by Crippen LogP contribution is 2.19. The molecule has 0 aliphatic rings. The fraction of sp³-hybridized carbons (Fsp3) is 0.467. The molecule has 110 valence electrons. The van der Waals surface area contributed by atoms with Gasteiger partial charge in [0, 0.05) is 6.20 Å². The molecule has 1 aromatic heterocycles. The number of esters is 1. The highest BCUT2D eigenvalue weighted by molar-refractivity contribution is 5.74. The zero-order valence-electron chi connectivity index (χ0n) is 12.1. The molecule has 0 bridgehead atoms. The van der Waals surface area contributed by atoms with Crippen LogP contribution in [0.25, 0.3) is 0 Å². The predicted octanol–water partition coefficient (Wildman–Crippen LogP) is 2.48. The van der Waals surface area contributed by atoms with Crippen molar-refractivity contribution in [2.45, 2.75) is 33.2 Å². The van der Waals surface area contributed by atoms with Crippen LogP contribution in [0.3, 0.4) is 0 Å². The van der Waals surface area contributed by atoms with Gasteiger partial charge in [-0.25, -0.2) is 9.18 Å². The number of rotatable bonds is 6. The van der Waals surface area contributed by atoms with E-state index in [1.807, 2.05) is 0 Å². The van der Waals surface area contributed by atoms with Gasteiger partial charge in [-0.1, -0.05) is 19.9 Å². The molecule has 4 nitrogen and oxygen atoms in total. The van der Waals surface area contributed by atoms with Crippen LogP contribution in [-0.4, -0.2) is 17.1 Å². The second kappa shape index (κ2) is 7.03. The summed E-state index contributed by atoms with van der Waals surface area (Å²) in [5.41, 5.74) is -0.225. The minimum absolute atomic E-state index is 0.190. The molecule has 1 rings (SSSR count). The second-order valence-electron chi connectivity index (χ2n) is 4.84. The van der Waals surface area contributed by atoms with Crippen LogP contribution in [0.4, 0.5) is 4.39 Å². The lowest BCUT2D eigenvalue weighted by molar-refractivity contribution is -0.148. The molecule has 0 saturated heterocycles. The maximum Gasteiger partial charge on any atom is 0.329 e. The summed E-state index contributed by atoms with van der Waals surface area (Å²) in [6.45, 7) is 9.05. The van der Waals surface area contributed by atoms with Crippen molar-refractivity contribution < 1.29 is 13.9 Å². The van der Waals surface area contributed by atoms with E-state index in [9.17, 15) is 14.0 Å². The molecule has 1 aromatic rings. The van der Waals surface area contributed by atoms with Gasteiger partial charge in [-0.15, -0.1) is 6.58 Å². The van der Waals surface area contributed by atoms with E-state index in [-0.39, 0.29) is 12.5 Å². The molecule has 1 unspecified atom stereocenters. The van der Waals surface area contributed by atoms with Crippen molar-refractivity contribution in [2.75, 3.05) is 6.61 Å². The second-order valence-corrected chi connectivity index (χ2v) is 4.84. The monoisotopic (exact) mass is 281 g/mol. The van der Waals surface area contributed by atoms with Gasteiger partial charge >= 0.3 is 5.97 Å². The van der Waals surface area contributed by atoms with Gasteiger partial charge in [0.1, 0.15) is 6.04 Å². The quantitative estimate of drug-likeness (QED) is 0.594. The Morgan fingerprint density at radius 3 is 2.70 bits per heavy atom. The molecular formula is C15H20FNO3. The Morgan fingerprint density at radius 2 is 2.20 bits per heavy atom. The molecule has 0 spiro atoms. The first-order valence-electron chi connectivity index (χ1n) is 6.60. The van der Waals surface area contributed by atoms with E-state index in [0.717, 1.165) is 4.57 Å². The first-order chi connectivity index (χ1) is 9.42. The van der Waals surface area contributed by atoms with Crippen LogP contribution in [0.2, 0.25) is 0 Å². The number of carbonyl (C=O) groups excluding carboxylic acids is 1. The topological polar surface area (TPSA) is 48.3 Å². The number of allylic oxidation sites excluding steroid dienone is 1. The van der Waals surface area contributed by atoms with Crippen molar-refractivity contribution >= 4 is 5.97 Å². The molecule has 0 saturated carbocycles. The van der Waals surface area contributed by atoms with Gasteiger partial charge in [-0.05, 0) is 30.9 Å². The van der Waals surface area contributed by atoms with Crippen LogP contribution >= 0.6 is 0 Å². The normalized spacial score (nSPS) is 12.2. The molecule has 0 radical (unpaired) electrons. The van der Waals surface area contributed by atoms with Gasteiger partial charge in [0.15, 0.2) is 5.82 Å². The summed E-state index contributed by atoms with van der Waals surface area (Å²) in [7, 11) is 0. The molecule has 0 N–H and O–H groups in total. The summed E-state index contributed by atoms with van der Waals surface area (Å²) in [5.74, 6) is -1.59. The van der Waals surface area contributed by atoms with Crippen LogP contribution in [0, 0.1) is 11.7 Å². The third kappa shape index (κ3) is 3.56. The van der Waals surface area contributed by atoms with Crippen molar-refractivity contribution in [2.24, 2.45) is 5.92 Å². The third-order valence-electron chi connectivity index (χ3n) is 2.90. The Balaban J connectivity index is 3.35.